The number of likely N-dealkylation sites (tertiary alicyclic amines) is 1. The van der Waals surface area contributed by atoms with Crippen LogP contribution in [-0.2, 0) is 23.8 Å². The lowest BCUT2D eigenvalue weighted by atomic mass is 9.76. The molecule has 0 N–H and O–H groups in total. The van der Waals surface area contributed by atoms with Crippen molar-refractivity contribution >= 4 is 11.9 Å². The van der Waals surface area contributed by atoms with Gasteiger partial charge in [-0.1, -0.05) is 124 Å². The van der Waals surface area contributed by atoms with E-state index in [1.807, 2.05) is 13.8 Å². The lowest BCUT2D eigenvalue weighted by molar-refractivity contribution is -0.191. The van der Waals surface area contributed by atoms with Crippen LogP contribution in [0, 0.1) is 11.3 Å². The molecule has 1 heterocycles. The maximum atomic E-state index is 13.7. The Morgan fingerprint density at radius 3 is 1.66 bits per heavy atom. The molecule has 1 aliphatic rings. The predicted molar refractivity (Wildman–Crippen MR) is 212 cm³/mol. The smallest absolute Gasteiger partial charge is 0.314 e. The van der Waals surface area contributed by atoms with Crippen LogP contribution in [0.25, 0.3) is 0 Å². The molecule has 1 fully saturated rings. The van der Waals surface area contributed by atoms with Gasteiger partial charge in [0.1, 0.15) is 6.10 Å². The zero-order chi connectivity index (χ0) is 37.1. The Morgan fingerprint density at radius 1 is 0.640 bits per heavy atom. The lowest BCUT2D eigenvalue weighted by Crippen LogP contribution is -2.51. The first kappa shape index (κ1) is 46.9. The van der Waals surface area contributed by atoms with Gasteiger partial charge < -0.3 is 19.1 Å². The summed E-state index contributed by atoms with van der Waals surface area (Å²) in [5.74, 6) is 0.390. The number of rotatable bonds is 32. The molecular weight excluding hydrogens is 622 g/mol. The number of hydrogen-bond donors (Lipinski definition) is 0. The molecule has 1 saturated heterocycles. The second-order valence-electron chi connectivity index (χ2n) is 16.9. The summed E-state index contributed by atoms with van der Waals surface area (Å²) in [5.41, 5.74) is -1.34. The second kappa shape index (κ2) is 28.4. The van der Waals surface area contributed by atoms with E-state index in [1.165, 1.54) is 89.9 Å². The van der Waals surface area contributed by atoms with Crippen molar-refractivity contribution in [3.05, 3.63) is 0 Å². The van der Waals surface area contributed by atoms with Crippen LogP contribution in [0.15, 0.2) is 0 Å². The van der Waals surface area contributed by atoms with Crippen LogP contribution in [0.5, 0.6) is 0 Å². The molecule has 0 spiro atoms. The quantitative estimate of drug-likeness (QED) is 0.0512. The Kier molecular flexibility index (Phi) is 26.6. The number of esters is 2. The van der Waals surface area contributed by atoms with Crippen molar-refractivity contribution in [2.24, 2.45) is 11.3 Å². The number of hydrogen-bond acceptors (Lipinski definition) is 6. The van der Waals surface area contributed by atoms with Gasteiger partial charge in [-0.3, -0.25) is 9.59 Å². The highest BCUT2D eigenvalue weighted by Gasteiger charge is 2.47. The largest absolute Gasteiger partial charge is 0.465 e. The topological polar surface area (TPSA) is 65.1 Å². The van der Waals surface area contributed by atoms with Crippen LogP contribution in [0.1, 0.15) is 215 Å². The molecule has 50 heavy (non-hydrogen) atoms. The fourth-order valence-corrected chi connectivity index (χ4v) is 7.10. The van der Waals surface area contributed by atoms with E-state index in [9.17, 15) is 9.59 Å². The van der Waals surface area contributed by atoms with Gasteiger partial charge >= 0.3 is 11.9 Å². The van der Waals surface area contributed by atoms with E-state index in [0.29, 0.717) is 18.9 Å². The van der Waals surface area contributed by atoms with Gasteiger partial charge in [0.25, 0.3) is 0 Å². The molecule has 2 unspecified atom stereocenters. The third-order valence-corrected chi connectivity index (χ3v) is 11.6. The molecule has 0 aromatic rings. The summed E-state index contributed by atoms with van der Waals surface area (Å²) in [4.78, 5) is 28.5. The summed E-state index contributed by atoms with van der Waals surface area (Å²) >= 11 is 0. The van der Waals surface area contributed by atoms with E-state index < -0.39 is 11.0 Å². The van der Waals surface area contributed by atoms with Crippen molar-refractivity contribution in [3.8, 4) is 0 Å². The number of carbonyl (C=O) groups excluding carboxylic acids is 2. The molecule has 6 heteroatoms. The molecule has 0 aromatic heterocycles. The maximum absolute atomic E-state index is 13.7. The molecule has 0 aliphatic carbocycles. The monoisotopic (exact) mass is 708 g/mol. The standard InChI is InChI=1S/C44H85NO5/c1-9-12-15-17-18-21-25-30-39(49-42(47)43(4,5)44(6,7)50-40-33-35-45(8)36-34-40)31-26-22-19-20-23-27-32-41(46)48-37-38(28-14-11-3)29-24-16-13-10-2/h38-40H,9-37H2,1-8H3. The summed E-state index contributed by atoms with van der Waals surface area (Å²) in [7, 11) is 2.16. The third kappa shape index (κ3) is 21.4. The lowest BCUT2D eigenvalue weighted by Gasteiger charge is -2.43. The van der Waals surface area contributed by atoms with Crippen LogP contribution in [0.3, 0.4) is 0 Å². The van der Waals surface area contributed by atoms with Crippen molar-refractivity contribution in [1.29, 1.82) is 0 Å². The summed E-state index contributed by atoms with van der Waals surface area (Å²) < 4.78 is 18.7. The summed E-state index contributed by atoms with van der Waals surface area (Å²) in [5, 5.41) is 0. The summed E-state index contributed by atoms with van der Waals surface area (Å²) in [6, 6.07) is 0. The fraction of sp³-hybridized carbons (Fsp3) is 0.955. The van der Waals surface area contributed by atoms with Crippen LogP contribution in [0.4, 0.5) is 0 Å². The second-order valence-corrected chi connectivity index (χ2v) is 16.9. The van der Waals surface area contributed by atoms with E-state index >= 15 is 0 Å². The number of ether oxygens (including phenoxy) is 3. The van der Waals surface area contributed by atoms with Crippen LogP contribution >= 0.6 is 0 Å². The molecule has 6 nitrogen and oxygen atoms in total. The minimum absolute atomic E-state index is 0.0158. The van der Waals surface area contributed by atoms with Gasteiger partial charge in [0, 0.05) is 19.5 Å². The molecule has 1 rings (SSSR count). The van der Waals surface area contributed by atoms with Crippen LogP contribution < -0.4 is 0 Å². The van der Waals surface area contributed by atoms with Crippen LogP contribution in [0.2, 0.25) is 0 Å². The van der Waals surface area contributed by atoms with Crippen molar-refractivity contribution in [3.63, 3.8) is 0 Å². The van der Waals surface area contributed by atoms with E-state index in [-0.39, 0.29) is 24.1 Å². The van der Waals surface area contributed by atoms with Gasteiger partial charge in [-0.2, -0.15) is 0 Å². The molecular formula is C44H85NO5. The molecule has 0 aromatic carbocycles. The molecule has 1 aliphatic heterocycles. The van der Waals surface area contributed by atoms with Crippen LogP contribution in [-0.4, -0.2) is 61.4 Å². The number of piperidine rings is 1. The highest BCUT2D eigenvalue weighted by atomic mass is 16.6. The van der Waals surface area contributed by atoms with Crippen molar-refractivity contribution in [1.82, 2.24) is 4.90 Å². The highest BCUT2D eigenvalue weighted by molar-refractivity contribution is 5.77. The van der Waals surface area contributed by atoms with Gasteiger partial charge in [0.2, 0.25) is 0 Å². The fourth-order valence-electron chi connectivity index (χ4n) is 7.10. The number of carbonyl (C=O) groups is 2. The molecule has 0 amide bonds. The summed E-state index contributed by atoms with van der Waals surface area (Å²) in [6.45, 7) is 17.6. The van der Waals surface area contributed by atoms with E-state index in [0.717, 1.165) is 83.7 Å². The minimum Gasteiger partial charge on any atom is -0.465 e. The van der Waals surface area contributed by atoms with E-state index in [4.69, 9.17) is 14.2 Å². The first-order chi connectivity index (χ1) is 24.0. The maximum Gasteiger partial charge on any atom is 0.314 e. The molecule has 296 valence electrons. The van der Waals surface area contributed by atoms with Gasteiger partial charge in [-0.05, 0) is 98.4 Å². The van der Waals surface area contributed by atoms with E-state index in [1.54, 1.807) is 0 Å². The molecule has 0 saturated carbocycles. The van der Waals surface area contributed by atoms with Gasteiger partial charge in [0.15, 0.2) is 0 Å². The van der Waals surface area contributed by atoms with Crippen molar-refractivity contribution in [2.45, 2.75) is 233 Å². The number of nitrogens with zero attached hydrogens (tertiary/aromatic N) is 1. The van der Waals surface area contributed by atoms with Gasteiger partial charge in [0.05, 0.1) is 23.7 Å². The molecule has 2 atom stereocenters. The average Bonchev–Trinajstić information content (AvgIpc) is 3.08. The first-order valence-corrected chi connectivity index (χ1v) is 21.7. The zero-order valence-electron chi connectivity index (χ0n) is 34.7. The first-order valence-electron chi connectivity index (χ1n) is 21.7. The molecule has 0 bridgehead atoms. The molecule has 0 radical (unpaired) electrons. The van der Waals surface area contributed by atoms with Gasteiger partial charge in [-0.25, -0.2) is 0 Å². The highest BCUT2D eigenvalue weighted by Crippen LogP contribution is 2.38. The predicted octanol–water partition coefficient (Wildman–Crippen LogP) is 12.4. The SMILES string of the molecule is CCCCCCCCCC(CCCCCCCCC(=O)OCC(CCCC)CCCCCC)OC(=O)C(C)(C)C(C)(C)OC1CCN(C)CC1. The average molecular weight is 708 g/mol. The normalized spacial score (nSPS) is 16.0. The Labute approximate surface area is 311 Å². The Bertz CT molecular complexity index is 834. The minimum atomic E-state index is -0.735. The van der Waals surface area contributed by atoms with Crippen molar-refractivity contribution in [2.75, 3.05) is 26.7 Å². The van der Waals surface area contributed by atoms with Gasteiger partial charge in [-0.15, -0.1) is 0 Å². The third-order valence-electron chi connectivity index (χ3n) is 11.6. The Hall–Kier alpha value is -1.14. The Morgan fingerprint density at radius 2 is 1.10 bits per heavy atom. The summed E-state index contributed by atoms with van der Waals surface area (Å²) in [6.07, 6.45) is 29.9. The zero-order valence-corrected chi connectivity index (χ0v) is 34.7. The Balaban J connectivity index is 2.46. The number of unbranched alkanes of at least 4 members (excludes halogenated alkanes) is 15. The van der Waals surface area contributed by atoms with Crippen molar-refractivity contribution < 1.29 is 23.8 Å². The van der Waals surface area contributed by atoms with E-state index in [2.05, 4.69) is 46.6 Å².